The van der Waals surface area contributed by atoms with Gasteiger partial charge in [0.15, 0.2) is 0 Å². The van der Waals surface area contributed by atoms with E-state index in [2.05, 4.69) is 10.6 Å². The summed E-state index contributed by atoms with van der Waals surface area (Å²) in [5.41, 5.74) is 0. The summed E-state index contributed by atoms with van der Waals surface area (Å²) < 4.78 is 0. The Morgan fingerprint density at radius 1 is 0.700 bits per heavy atom. The van der Waals surface area contributed by atoms with Gasteiger partial charge in [-0.05, 0) is 12.8 Å². The summed E-state index contributed by atoms with van der Waals surface area (Å²) in [6.45, 7) is 5.08. The summed E-state index contributed by atoms with van der Waals surface area (Å²) in [5.74, 6) is 0. The number of amides is 4. The third-order valence-electron chi connectivity index (χ3n) is 4.00. The summed E-state index contributed by atoms with van der Waals surface area (Å²) in [7, 11) is 0. The van der Waals surface area contributed by atoms with E-state index in [0.29, 0.717) is 0 Å². The lowest BCUT2D eigenvalue weighted by molar-refractivity contribution is 0.215. The van der Waals surface area contributed by atoms with Crippen LogP contribution in [0.3, 0.4) is 0 Å². The molecule has 0 radical (unpaired) electrons. The molecule has 2 saturated heterocycles. The molecular weight excluding hydrogens is 256 g/mol. The van der Waals surface area contributed by atoms with E-state index in [0.717, 1.165) is 52.1 Å². The van der Waals surface area contributed by atoms with E-state index in [4.69, 9.17) is 0 Å². The summed E-state index contributed by atoms with van der Waals surface area (Å²) in [4.78, 5) is 26.4. The zero-order valence-corrected chi connectivity index (χ0v) is 12.2. The van der Waals surface area contributed by atoms with Crippen molar-refractivity contribution < 1.29 is 9.59 Å². The predicted octanol–water partition coefficient (Wildman–Crippen LogP) is 1.38. The first-order valence-corrected chi connectivity index (χ1v) is 7.83. The second-order valence-corrected chi connectivity index (χ2v) is 5.56. The number of rotatable bonds is 9. The van der Waals surface area contributed by atoms with Gasteiger partial charge in [-0.25, -0.2) is 9.59 Å². The Balaban J connectivity index is 1.38. The monoisotopic (exact) mass is 282 g/mol. The highest BCUT2D eigenvalue weighted by Gasteiger charge is 2.18. The maximum Gasteiger partial charge on any atom is 0.317 e. The molecule has 0 saturated carbocycles. The highest BCUT2D eigenvalue weighted by atomic mass is 16.2. The number of urea groups is 2. The molecule has 2 fully saturated rings. The second kappa shape index (κ2) is 7.97. The molecule has 0 aromatic carbocycles. The van der Waals surface area contributed by atoms with Gasteiger partial charge in [0.1, 0.15) is 0 Å². The molecule has 0 atom stereocenters. The minimum absolute atomic E-state index is 0.0916. The van der Waals surface area contributed by atoms with Gasteiger partial charge in [0.05, 0.1) is 0 Å². The zero-order chi connectivity index (χ0) is 14.2. The van der Waals surface area contributed by atoms with Gasteiger partial charge in [-0.15, -0.1) is 0 Å². The number of carbonyl (C=O) groups excluding carboxylic acids is 2. The fourth-order valence-corrected chi connectivity index (χ4v) is 2.76. The van der Waals surface area contributed by atoms with Crippen LogP contribution in [0.4, 0.5) is 9.59 Å². The maximum atomic E-state index is 11.3. The van der Waals surface area contributed by atoms with Crippen molar-refractivity contribution in [3.63, 3.8) is 0 Å². The highest BCUT2D eigenvalue weighted by molar-refractivity contribution is 5.76. The van der Waals surface area contributed by atoms with E-state index in [9.17, 15) is 9.59 Å². The van der Waals surface area contributed by atoms with Crippen LogP contribution in [0.25, 0.3) is 0 Å². The topological polar surface area (TPSA) is 64.7 Å². The Hall–Kier alpha value is -1.46. The Bertz CT molecular complexity index is 303. The number of hydrogen-bond acceptors (Lipinski definition) is 2. The van der Waals surface area contributed by atoms with Crippen LogP contribution in [0, 0.1) is 0 Å². The summed E-state index contributed by atoms with van der Waals surface area (Å²) >= 11 is 0. The van der Waals surface area contributed by atoms with E-state index in [1.807, 2.05) is 9.80 Å². The van der Waals surface area contributed by atoms with Crippen molar-refractivity contribution in [2.24, 2.45) is 0 Å². The van der Waals surface area contributed by atoms with Crippen LogP contribution >= 0.6 is 0 Å². The van der Waals surface area contributed by atoms with Gasteiger partial charge in [0, 0.05) is 39.3 Å². The van der Waals surface area contributed by atoms with Crippen LogP contribution in [-0.4, -0.2) is 61.1 Å². The first-order chi connectivity index (χ1) is 9.77. The largest absolute Gasteiger partial charge is 0.336 e. The van der Waals surface area contributed by atoms with E-state index < -0.39 is 0 Å². The minimum atomic E-state index is 0.0916. The lowest BCUT2D eigenvalue weighted by Crippen LogP contribution is -2.29. The van der Waals surface area contributed by atoms with Crippen molar-refractivity contribution >= 4 is 12.1 Å². The third-order valence-corrected chi connectivity index (χ3v) is 4.00. The first kappa shape index (κ1) is 14.9. The first-order valence-electron chi connectivity index (χ1n) is 7.83. The Morgan fingerprint density at radius 3 is 1.45 bits per heavy atom. The Morgan fingerprint density at radius 2 is 1.10 bits per heavy atom. The molecule has 2 aliphatic rings. The molecule has 4 amide bonds. The van der Waals surface area contributed by atoms with Crippen molar-refractivity contribution in [2.75, 3.05) is 39.3 Å². The van der Waals surface area contributed by atoms with Crippen molar-refractivity contribution in [3.8, 4) is 0 Å². The lowest BCUT2D eigenvalue weighted by Gasteiger charge is -2.14. The maximum absolute atomic E-state index is 11.3. The SMILES string of the molecule is O=C1NCCN1CCCCCCCCN1CCNC1=O. The number of nitrogens with zero attached hydrogens (tertiary/aromatic N) is 2. The van der Waals surface area contributed by atoms with Gasteiger partial charge in [0.2, 0.25) is 0 Å². The number of nitrogens with one attached hydrogen (secondary N) is 2. The molecule has 6 nitrogen and oxygen atoms in total. The van der Waals surface area contributed by atoms with Gasteiger partial charge in [-0.1, -0.05) is 25.7 Å². The molecule has 0 spiro atoms. The van der Waals surface area contributed by atoms with Gasteiger partial charge in [0.25, 0.3) is 0 Å². The van der Waals surface area contributed by atoms with Gasteiger partial charge >= 0.3 is 12.1 Å². The molecule has 0 unspecified atom stereocenters. The molecule has 2 aliphatic heterocycles. The molecule has 0 aliphatic carbocycles. The molecular formula is C14H26N4O2. The van der Waals surface area contributed by atoms with Crippen LogP contribution < -0.4 is 10.6 Å². The van der Waals surface area contributed by atoms with Crippen molar-refractivity contribution in [2.45, 2.75) is 38.5 Å². The van der Waals surface area contributed by atoms with Crippen LogP contribution in [-0.2, 0) is 0 Å². The third kappa shape index (κ3) is 4.58. The molecule has 0 aromatic heterocycles. The van der Waals surface area contributed by atoms with Gasteiger partial charge < -0.3 is 20.4 Å². The molecule has 2 heterocycles. The normalized spacial score (nSPS) is 18.6. The Kier molecular flexibility index (Phi) is 5.95. The molecule has 6 heteroatoms. The van der Waals surface area contributed by atoms with Crippen LogP contribution in [0.5, 0.6) is 0 Å². The summed E-state index contributed by atoms with van der Waals surface area (Å²) in [5, 5.41) is 5.64. The zero-order valence-electron chi connectivity index (χ0n) is 12.2. The fourth-order valence-electron chi connectivity index (χ4n) is 2.76. The number of hydrogen-bond donors (Lipinski definition) is 2. The standard InChI is InChI=1S/C14H26N4O2/c19-13-15-7-11-17(13)9-5-3-1-2-4-6-10-18-12-8-16-14(18)20/h1-12H2,(H,15,19)(H,16,20). The van der Waals surface area contributed by atoms with Crippen LogP contribution in [0.1, 0.15) is 38.5 Å². The summed E-state index contributed by atoms with van der Waals surface area (Å²) in [6.07, 6.45) is 7.02. The minimum Gasteiger partial charge on any atom is -0.336 e. The number of carbonyl (C=O) groups is 2. The molecule has 20 heavy (non-hydrogen) atoms. The van der Waals surface area contributed by atoms with Gasteiger partial charge in [-0.3, -0.25) is 0 Å². The number of unbranched alkanes of at least 4 members (excludes halogenated alkanes) is 5. The molecule has 2 rings (SSSR count). The van der Waals surface area contributed by atoms with E-state index >= 15 is 0 Å². The predicted molar refractivity (Wildman–Crippen MR) is 77.6 cm³/mol. The lowest BCUT2D eigenvalue weighted by atomic mass is 10.1. The van der Waals surface area contributed by atoms with E-state index in [-0.39, 0.29) is 12.1 Å². The second-order valence-electron chi connectivity index (χ2n) is 5.56. The fraction of sp³-hybridized carbons (Fsp3) is 0.857. The smallest absolute Gasteiger partial charge is 0.317 e. The van der Waals surface area contributed by atoms with Crippen molar-refractivity contribution in [3.05, 3.63) is 0 Å². The average Bonchev–Trinajstić information content (AvgIpc) is 3.02. The quantitative estimate of drug-likeness (QED) is 0.627. The van der Waals surface area contributed by atoms with Crippen molar-refractivity contribution in [1.82, 2.24) is 20.4 Å². The van der Waals surface area contributed by atoms with Crippen LogP contribution in [0.2, 0.25) is 0 Å². The molecule has 0 bridgehead atoms. The average molecular weight is 282 g/mol. The molecule has 0 aromatic rings. The highest BCUT2D eigenvalue weighted by Crippen LogP contribution is 2.09. The van der Waals surface area contributed by atoms with Crippen LogP contribution in [0.15, 0.2) is 0 Å². The van der Waals surface area contributed by atoms with Crippen molar-refractivity contribution in [1.29, 1.82) is 0 Å². The van der Waals surface area contributed by atoms with E-state index in [1.54, 1.807) is 0 Å². The summed E-state index contributed by atoms with van der Waals surface area (Å²) in [6, 6.07) is 0.183. The molecule has 114 valence electrons. The Labute approximate surface area is 120 Å². The van der Waals surface area contributed by atoms with Gasteiger partial charge in [-0.2, -0.15) is 0 Å². The molecule has 2 N–H and O–H groups in total. The van der Waals surface area contributed by atoms with E-state index in [1.165, 1.54) is 25.7 Å².